The molecule has 1 fully saturated rings. The van der Waals surface area contributed by atoms with E-state index in [1.54, 1.807) is 17.1 Å². The van der Waals surface area contributed by atoms with Crippen LogP contribution in [0.3, 0.4) is 0 Å². The Labute approximate surface area is 150 Å². The molecule has 0 radical (unpaired) electrons. The Morgan fingerprint density at radius 1 is 1.12 bits per heavy atom. The third-order valence-electron chi connectivity index (χ3n) is 4.27. The molecule has 1 aliphatic heterocycles. The number of rotatable bonds is 4. The highest BCUT2D eigenvalue weighted by Crippen LogP contribution is 2.12. The number of hydrogen-bond donors (Lipinski definition) is 2. The molecule has 0 aliphatic carbocycles. The summed E-state index contributed by atoms with van der Waals surface area (Å²) in [4.78, 5) is 37.1. The highest BCUT2D eigenvalue weighted by atomic mass is 16.2. The van der Waals surface area contributed by atoms with Crippen LogP contribution in [0.15, 0.2) is 53.3 Å². The van der Waals surface area contributed by atoms with Gasteiger partial charge in [0.1, 0.15) is 5.69 Å². The molecule has 26 heavy (non-hydrogen) atoms. The number of nitrogens with zero attached hydrogens (tertiary/aromatic N) is 2. The normalized spacial score (nSPS) is 15.2. The highest BCUT2D eigenvalue weighted by Gasteiger charge is 2.23. The Bertz CT molecular complexity index is 832. The molecule has 0 atom stereocenters. The molecule has 2 aromatic rings. The van der Waals surface area contributed by atoms with Gasteiger partial charge in [-0.25, -0.2) is 5.10 Å². The summed E-state index contributed by atoms with van der Waals surface area (Å²) < 4.78 is 0. The first-order valence-electron chi connectivity index (χ1n) is 8.50. The Kier molecular flexibility index (Phi) is 5.58. The molecular weight excluding hydrogens is 332 g/mol. The molecule has 0 bridgehead atoms. The van der Waals surface area contributed by atoms with Crippen LogP contribution in [0.2, 0.25) is 0 Å². The van der Waals surface area contributed by atoms with Crippen LogP contribution >= 0.6 is 0 Å². The second-order valence-electron chi connectivity index (χ2n) is 6.12. The molecule has 134 valence electrons. The number of aromatic nitrogens is 2. The predicted molar refractivity (Wildman–Crippen MR) is 97.4 cm³/mol. The molecule has 1 aliphatic rings. The molecule has 0 unspecified atom stereocenters. The Balaban J connectivity index is 1.48. The zero-order valence-electron chi connectivity index (χ0n) is 14.2. The smallest absolute Gasteiger partial charge is 0.271 e. The van der Waals surface area contributed by atoms with Gasteiger partial charge in [-0.05, 0) is 30.5 Å². The lowest BCUT2D eigenvalue weighted by molar-refractivity contribution is -0.126. The molecule has 1 aromatic heterocycles. The molecule has 7 nitrogen and oxygen atoms in total. The quantitative estimate of drug-likeness (QED) is 0.809. The van der Waals surface area contributed by atoms with Crippen LogP contribution in [-0.2, 0) is 4.79 Å². The maximum atomic E-state index is 12.3. The van der Waals surface area contributed by atoms with E-state index in [2.05, 4.69) is 15.5 Å². The van der Waals surface area contributed by atoms with Crippen LogP contribution in [0, 0.1) is 0 Å². The lowest BCUT2D eigenvalue weighted by Gasteiger charge is -2.31. The van der Waals surface area contributed by atoms with E-state index in [1.807, 2.05) is 30.3 Å². The SMILES string of the molecule is O=C(NC1CCN(C(=O)/C=C/c2ccccc2)CC1)c1ccc(=O)[nH]n1. The summed E-state index contributed by atoms with van der Waals surface area (Å²) in [6.07, 6.45) is 4.75. The summed E-state index contributed by atoms with van der Waals surface area (Å²) in [6, 6.07) is 12.3. The van der Waals surface area contributed by atoms with Crippen LogP contribution in [0.5, 0.6) is 0 Å². The molecule has 0 saturated carbocycles. The molecule has 2 amide bonds. The van der Waals surface area contributed by atoms with Crippen LogP contribution in [0.4, 0.5) is 0 Å². The van der Waals surface area contributed by atoms with Crippen molar-refractivity contribution in [2.24, 2.45) is 0 Å². The number of nitrogens with one attached hydrogen (secondary N) is 2. The fourth-order valence-corrected chi connectivity index (χ4v) is 2.81. The van der Waals surface area contributed by atoms with Crippen molar-refractivity contribution < 1.29 is 9.59 Å². The maximum absolute atomic E-state index is 12.3. The average Bonchev–Trinajstić information content (AvgIpc) is 2.68. The van der Waals surface area contributed by atoms with Crippen molar-refractivity contribution in [2.75, 3.05) is 13.1 Å². The monoisotopic (exact) mass is 352 g/mol. The largest absolute Gasteiger partial charge is 0.348 e. The number of H-pyrrole nitrogens is 1. The summed E-state index contributed by atoms with van der Waals surface area (Å²) in [5.74, 6) is -0.351. The fraction of sp³-hybridized carbons (Fsp3) is 0.263. The van der Waals surface area contributed by atoms with Crippen molar-refractivity contribution in [3.05, 3.63) is 70.2 Å². The van der Waals surface area contributed by atoms with Gasteiger partial charge in [-0.3, -0.25) is 14.4 Å². The summed E-state index contributed by atoms with van der Waals surface area (Å²) in [5.41, 5.74) is 0.808. The van der Waals surface area contributed by atoms with Crippen LogP contribution in [0.25, 0.3) is 6.08 Å². The van der Waals surface area contributed by atoms with E-state index in [0.717, 1.165) is 5.56 Å². The number of carbonyl (C=O) groups is 2. The van der Waals surface area contributed by atoms with Crippen molar-refractivity contribution in [3.63, 3.8) is 0 Å². The zero-order chi connectivity index (χ0) is 18.4. The van der Waals surface area contributed by atoms with Gasteiger partial charge < -0.3 is 10.2 Å². The topological polar surface area (TPSA) is 95.2 Å². The van der Waals surface area contributed by atoms with E-state index in [0.29, 0.717) is 25.9 Å². The van der Waals surface area contributed by atoms with Gasteiger partial charge in [-0.15, -0.1) is 0 Å². The summed E-state index contributed by atoms with van der Waals surface area (Å²) in [6.45, 7) is 1.17. The molecule has 2 N–H and O–H groups in total. The molecule has 3 rings (SSSR count). The highest BCUT2D eigenvalue weighted by molar-refractivity contribution is 5.93. The molecule has 1 aromatic carbocycles. The predicted octanol–water partition coefficient (Wildman–Crippen LogP) is 1.20. The van der Waals surface area contributed by atoms with Gasteiger partial charge in [0.25, 0.3) is 11.5 Å². The lowest BCUT2D eigenvalue weighted by atomic mass is 10.0. The van der Waals surface area contributed by atoms with E-state index in [-0.39, 0.29) is 29.1 Å². The number of aromatic amines is 1. The average molecular weight is 352 g/mol. The Morgan fingerprint density at radius 2 is 1.85 bits per heavy atom. The van der Waals surface area contributed by atoms with Crippen molar-refractivity contribution in [2.45, 2.75) is 18.9 Å². The maximum Gasteiger partial charge on any atom is 0.271 e. The van der Waals surface area contributed by atoms with E-state index in [1.165, 1.54) is 12.1 Å². The number of carbonyl (C=O) groups excluding carboxylic acids is 2. The van der Waals surface area contributed by atoms with Gasteiger partial charge >= 0.3 is 0 Å². The van der Waals surface area contributed by atoms with Crippen molar-refractivity contribution >= 4 is 17.9 Å². The number of hydrogen-bond acceptors (Lipinski definition) is 4. The number of benzene rings is 1. The number of likely N-dealkylation sites (tertiary alicyclic amines) is 1. The van der Waals surface area contributed by atoms with Crippen molar-refractivity contribution in [3.8, 4) is 0 Å². The standard InChI is InChI=1S/C19H20N4O3/c24-17-8-7-16(21-22-17)19(26)20-15-10-12-23(13-11-15)18(25)9-6-14-4-2-1-3-5-14/h1-9,15H,10-13H2,(H,20,26)(H,22,24)/b9-6+. The molecule has 2 heterocycles. The third kappa shape index (κ3) is 4.66. The molecular formula is C19H20N4O3. The Morgan fingerprint density at radius 3 is 2.50 bits per heavy atom. The second kappa shape index (κ2) is 8.24. The minimum absolute atomic E-state index is 0.0154. The van der Waals surface area contributed by atoms with Crippen LogP contribution in [0.1, 0.15) is 28.9 Å². The summed E-state index contributed by atoms with van der Waals surface area (Å²) in [7, 11) is 0. The van der Waals surface area contributed by atoms with Crippen LogP contribution < -0.4 is 10.9 Å². The minimum atomic E-state index is -0.350. The van der Waals surface area contributed by atoms with Crippen molar-refractivity contribution in [1.29, 1.82) is 0 Å². The van der Waals surface area contributed by atoms with Gasteiger partial charge in [-0.1, -0.05) is 30.3 Å². The van der Waals surface area contributed by atoms with E-state index < -0.39 is 0 Å². The first-order valence-corrected chi connectivity index (χ1v) is 8.50. The minimum Gasteiger partial charge on any atom is -0.348 e. The van der Waals surface area contributed by atoms with E-state index in [9.17, 15) is 14.4 Å². The zero-order valence-corrected chi connectivity index (χ0v) is 14.2. The third-order valence-corrected chi connectivity index (χ3v) is 4.27. The number of piperidine rings is 1. The van der Waals surface area contributed by atoms with Gasteiger partial charge in [0, 0.05) is 31.3 Å². The summed E-state index contributed by atoms with van der Waals surface area (Å²) in [5, 5.41) is 8.85. The van der Waals surface area contributed by atoms with Gasteiger partial charge in [0.15, 0.2) is 0 Å². The van der Waals surface area contributed by atoms with Crippen LogP contribution in [-0.4, -0.2) is 46.0 Å². The van der Waals surface area contributed by atoms with E-state index in [4.69, 9.17) is 0 Å². The fourth-order valence-electron chi connectivity index (χ4n) is 2.81. The van der Waals surface area contributed by atoms with Gasteiger partial charge in [0.05, 0.1) is 0 Å². The lowest BCUT2D eigenvalue weighted by Crippen LogP contribution is -2.46. The van der Waals surface area contributed by atoms with Crippen molar-refractivity contribution in [1.82, 2.24) is 20.4 Å². The van der Waals surface area contributed by atoms with Gasteiger partial charge in [-0.2, -0.15) is 5.10 Å². The second-order valence-corrected chi connectivity index (χ2v) is 6.12. The molecule has 0 spiro atoms. The summed E-state index contributed by atoms with van der Waals surface area (Å²) >= 11 is 0. The first kappa shape index (κ1) is 17.6. The van der Waals surface area contributed by atoms with Gasteiger partial charge in [0.2, 0.25) is 5.91 Å². The number of amides is 2. The van der Waals surface area contributed by atoms with E-state index >= 15 is 0 Å². The molecule has 7 heteroatoms. The molecule has 1 saturated heterocycles. The first-order chi connectivity index (χ1) is 12.6. The Hall–Kier alpha value is -3.22.